The van der Waals surface area contributed by atoms with E-state index in [1.54, 1.807) is 37.3 Å². The Hall–Kier alpha value is -1.72. The van der Waals surface area contributed by atoms with Crippen LogP contribution in [0, 0.1) is 6.92 Å². The smallest absolute Gasteiger partial charge is 0.256 e. The van der Waals surface area contributed by atoms with Crippen LogP contribution in [-0.2, 0) is 0 Å². The number of nitrogens with two attached hydrogens (primary N) is 1. The van der Waals surface area contributed by atoms with Gasteiger partial charge in [-0.25, -0.2) is 0 Å². The Kier molecular flexibility index (Phi) is 4.75. The lowest BCUT2D eigenvalue weighted by Crippen LogP contribution is -2.15. The van der Waals surface area contributed by atoms with Crippen molar-refractivity contribution in [2.45, 2.75) is 6.92 Å². The second kappa shape index (κ2) is 6.37. The van der Waals surface area contributed by atoms with Gasteiger partial charge in [-0.05, 0) is 42.8 Å². The van der Waals surface area contributed by atoms with Crippen LogP contribution in [0.2, 0.25) is 5.02 Å². The zero-order valence-electron chi connectivity index (χ0n) is 11.5. The van der Waals surface area contributed by atoms with Gasteiger partial charge in [0.05, 0.1) is 12.8 Å². The third-order valence-corrected chi connectivity index (χ3v) is 3.76. The summed E-state index contributed by atoms with van der Waals surface area (Å²) in [5, 5.41) is 3.30. The lowest BCUT2D eigenvalue weighted by atomic mass is 10.1. The van der Waals surface area contributed by atoms with Crippen molar-refractivity contribution in [1.82, 2.24) is 0 Å². The highest BCUT2D eigenvalue weighted by Crippen LogP contribution is 2.29. The maximum Gasteiger partial charge on any atom is 0.256 e. The number of amides is 1. The number of ether oxygens (including phenoxy) is 1. The second-order valence-electron chi connectivity index (χ2n) is 4.47. The van der Waals surface area contributed by atoms with Crippen LogP contribution in [0.15, 0.2) is 34.8 Å². The Morgan fingerprint density at radius 2 is 2.05 bits per heavy atom. The van der Waals surface area contributed by atoms with E-state index in [1.807, 2.05) is 0 Å². The highest BCUT2D eigenvalue weighted by molar-refractivity contribution is 9.10. The molecule has 2 aromatic carbocycles. The van der Waals surface area contributed by atoms with Gasteiger partial charge < -0.3 is 15.8 Å². The fraction of sp³-hybridized carbons (Fsp3) is 0.133. The van der Waals surface area contributed by atoms with E-state index in [4.69, 9.17) is 22.1 Å². The lowest BCUT2D eigenvalue weighted by molar-refractivity contribution is 0.102. The number of nitrogen functional groups attached to an aromatic ring is 1. The maximum atomic E-state index is 12.4. The summed E-state index contributed by atoms with van der Waals surface area (Å²) in [6.45, 7) is 1.80. The zero-order valence-corrected chi connectivity index (χ0v) is 13.9. The average molecular weight is 370 g/mol. The zero-order chi connectivity index (χ0) is 15.6. The lowest BCUT2D eigenvalue weighted by Gasteiger charge is -2.13. The first-order valence-corrected chi connectivity index (χ1v) is 7.30. The highest BCUT2D eigenvalue weighted by atomic mass is 79.9. The fourth-order valence-electron chi connectivity index (χ4n) is 1.90. The molecule has 0 radical (unpaired) electrons. The molecule has 4 nitrogen and oxygen atoms in total. The molecule has 110 valence electrons. The molecule has 21 heavy (non-hydrogen) atoms. The van der Waals surface area contributed by atoms with E-state index in [0.717, 1.165) is 10.0 Å². The number of nitrogens with one attached hydrogen (secondary N) is 1. The topological polar surface area (TPSA) is 64.3 Å². The van der Waals surface area contributed by atoms with Gasteiger partial charge in [0.15, 0.2) is 0 Å². The molecule has 0 unspecified atom stereocenters. The van der Waals surface area contributed by atoms with Crippen molar-refractivity contribution in [1.29, 1.82) is 0 Å². The van der Waals surface area contributed by atoms with Crippen LogP contribution in [0.25, 0.3) is 0 Å². The number of halogens is 2. The van der Waals surface area contributed by atoms with Crippen LogP contribution >= 0.6 is 27.5 Å². The molecule has 6 heteroatoms. The third-order valence-electron chi connectivity index (χ3n) is 3.07. The summed E-state index contributed by atoms with van der Waals surface area (Å²) in [5.74, 6) is 0.259. The van der Waals surface area contributed by atoms with Crippen LogP contribution in [0.4, 0.5) is 11.4 Å². The largest absolute Gasteiger partial charge is 0.495 e. The first-order valence-electron chi connectivity index (χ1n) is 6.13. The molecule has 0 aromatic heterocycles. The predicted octanol–water partition coefficient (Wildman–Crippen LogP) is 4.25. The van der Waals surface area contributed by atoms with Gasteiger partial charge in [0.25, 0.3) is 5.91 Å². The summed E-state index contributed by atoms with van der Waals surface area (Å²) in [5.41, 5.74) is 8.14. The summed E-state index contributed by atoms with van der Waals surface area (Å²) in [7, 11) is 1.53. The Bertz CT molecular complexity index is 704. The van der Waals surface area contributed by atoms with E-state index in [9.17, 15) is 4.79 Å². The number of methoxy groups -OCH3 is 1. The van der Waals surface area contributed by atoms with Gasteiger partial charge >= 0.3 is 0 Å². The molecule has 0 heterocycles. The summed E-state index contributed by atoms with van der Waals surface area (Å²) < 4.78 is 5.95. The minimum atomic E-state index is -0.277. The molecule has 2 aromatic rings. The standard InChI is InChI=1S/C15H14BrClN2O2/c1-8-11(5-9(16)6-12(8)18)15(20)19-13-7-10(17)3-4-14(13)21-2/h3-7H,18H2,1-2H3,(H,19,20). The normalized spacial score (nSPS) is 10.3. The fourth-order valence-corrected chi connectivity index (χ4v) is 2.55. The van der Waals surface area contributed by atoms with Crippen LogP contribution in [0.3, 0.4) is 0 Å². The van der Waals surface area contributed by atoms with Gasteiger partial charge in [-0.15, -0.1) is 0 Å². The first kappa shape index (κ1) is 15.7. The minimum absolute atomic E-state index is 0.277. The number of benzene rings is 2. The van der Waals surface area contributed by atoms with Gasteiger partial charge in [-0.2, -0.15) is 0 Å². The van der Waals surface area contributed by atoms with Gasteiger partial charge in [-0.3, -0.25) is 4.79 Å². The molecule has 0 saturated carbocycles. The van der Waals surface area contributed by atoms with Crippen molar-refractivity contribution in [3.63, 3.8) is 0 Å². The summed E-state index contributed by atoms with van der Waals surface area (Å²) in [6.07, 6.45) is 0. The van der Waals surface area contributed by atoms with E-state index in [0.29, 0.717) is 27.7 Å². The molecule has 0 atom stereocenters. The van der Waals surface area contributed by atoms with Crippen molar-refractivity contribution in [3.8, 4) is 5.75 Å². The molecule has 0 aliphatic carbocycles. The molecule has 0 aliphatic rings. The summed E-state index contributed by atoms with van der Waals surface area (Å²) in [4.78, 5) is 12.4. The number of hydrogen-bond donors (Lipinski definition) is 2. The number of rotatable bonds is 3. The van der Waals surface area contributed by atoms with Crippen molar-refractivity contribution in [2.75, 3.05) is 18.2 Å². The van der Waals surface area contributed by atoms with E-state index in [-0.39, 0.29) is 5.91 Å². The third kappa shape index (κ3) is 3.49. The molecule has 0 bridgehead atoms. The Balaban J connectivity index is 2.37. The molecular weight excluding hydrogens is 356 g/mol. The quantitative estimate of drug-likeness (QED) is 0.795. The average Bonchev–Trinajstić information content (AvgIpc) is 2.43. The maximum absolute atomic E-state index is 12.4. The van der Waals surface area contributed by atoms with Gasteiger partial charge in [-0.1, -0.05) is 27.5 Å². The molecule has 2 rings (SSSR count). The van der Waals surface area contributed by atoms with Crippen molar-refractivity contribution in [2.24, 2.45) is 0 Å². The predicted molar refractivity (Wildman–Crippen MR) is 89.2 cm³/mol. The van der Waals surface area contributed by atoms with Gasteiger partial charge in [0.1, 0.15) is 5.75 Å². The Labute approximate surface area is 136 Å². The van der Waals surface area contributed by atoms with E-state index >= 15 is 0 Å². The van der Waals surface area contributed by atoms with Crippen LogP contribution < -0.4 is 15.8 Å². The molecule has 0 spiro atoms. The summed E-state index contributed by atoms with van der Waals surface area (Å²) >= 11 is 9.29. The molecule has 0 aliphatic heterocycles. The molecule has 1 amide bonds. The Morgan fingerprint density at radius 1 is 1.33 bits per heavy atom. The van der Waals surface area contributed by atoms with E-state index in [1.165, 1.54) is 7.11 Å². The Morgan fingerprint density at radius 3 is 2.71 bits per heavy atom. The highest BCUT2D eigenvalue weighted by Gasteiger charge is 2.14. The number of hydrogen-bond acceptors (Lipinski definition) is 3. The van der Waals surface area contributed by atoms with Crippen LogP contribution in [-0.4, -0.2) is 13.0 Å². The van der Waals surface area contributed by atoms with Crippen molar-refractivity contribution >= 4 is 44.8 Å². The molecular formula is C15H14BrClN2O2. The van der Waals surface area contributed by atoms with Crippen molar-refractivity contribution < 1.29 is 9.53 Å². The van der Waals surface area contributed by atoms with E-state index in [2.05, 4.69) is 21.2 Å². The monoisotopic (exact) mass is 368 g/mol. The van der Waals surface area contributed by atoms with E-state index < -0.39 is 0 Å². The number of carbonyl (C=O) groups excluding carboxylic acids is 1. The SMILES string of the molecule is COc1ccc(Cl)cc1NC(=O)c1cc(Br)cc(N)c1C. The van der Waals surface area contributed by atoms with Crippen molar-refractivity contribution in [3.05, 3.63) is 51.0 Å². The van der Waals surface area contributed by atoms with Gasteiger partial charge in [0, 0.05) is 20.7 Å². The molecule has 0 saturated heterocycles. The van der Waals surface area contributed by atoms with Crippen LogP contribution in [0.1, 0.15) is 15.9 Å². The molecule has 3 N–H and O–H groups in total. The molecule has 0 fully saturated rings. The first-order chi connectivity index (χ1) is 9.92. The minimum Gasteiger partial charge on any atom is -0.495 e. The van der Waals surface area contributed by atoms with Crippen LogP contribution in [0.5, 0.6) is 5.75 Å². The summed E-state index contributed by atoms with van der Waals surface area (Å²) in [6, 6.07) is 8.50. The number of anilines is 2. The van der Waals surface area contributed by atoms with Gasteiger partial charge in [0.2, 0.25) is 0 Å². The number of carbonyl (C=O) groups is 1. The second-order valence-corrected chi connectivity index (χ2v) is 5.82.